The smallest absolute Gasteiger partial charge is 0.238 e. The second kappa shape index (κ2) is 6.76. The molecule has 0 aromatic heterocycles. The van der Waals surface area contributed by atoms with E-state index in [2.05, 4.69) is 0 Å². The molecule has 0 bridgehead atoms. The van der Waals surface area contributed by atoms with Gasteiger partial charge in [-0.2, -0.15) is 0 Å². The van der Waals surface area contributed by atoms with E-state index in [0.29, 0.717) is 18.9 Å². The Hall–Kier alpha value is -2.12. The highest BCUT2D eigenvalue weighted by Crippen LogP contribution is 2.16. The predicted octanol–water partition coefficient (Wildman–Crippen LogP) is 1.99. The SMILES string of the molecule is CN(CCOc1ccc(S(N)(=O)=O)cc1)c1ccc(F)cc1. The molecule has 0 spiro atoms. The van der Waals surface area contributed by atoms with Gasteiger partial charge in [-0.3, -0.25) is 0 Å². The fourth-order valence-electron chi connectivity index (χ4n) is 1.85. The standard InChI is InChI=1S/C15H17FN2O3S/c1-18(13-4-2-12(16)3-5-13)10-11-21-14-6-8-15(9-7-14)22(17,19)20/h2-9H,10-11H2,1H3,(H2,17,19,20). The van der Waals surface area contributed by atoms with E-state index >= 15 is 0 Å². The van der Waals surface area contributed by atoms with Gasteiger partial charge in [0.05, 0.1) is 11.4 Å². The maximum Gasteiger partial charge on any atom is 0.238 e. The van der Waals surface area contributed by atoms with Crippen molar-refractivity contribution in [2.75, 3.05) is 25.1 Å². The highest BCUT2D eigenvalue weighted by molar-refractivity contribution is 7.89. The van der Waals surface area contributed by atoms with Crippen LogP contribution in [0.5, 0.6) is 5.75 Å². The number of primary sulfonamides is 1. The third kappa shape index (κ3) is 4.44. The van der Waals surface area contributed by atoms with Gasteiger partial charge in [0.1, 0.15) is 18.2 Å². The zero-order valence-corrected chi connectivity index (χ0v) is 12.9. The summed E-state index contributed by atoms with van der Waals surface area (Å²) < 4.78 is 40.6. The highest BCUT2D eigenvalue weighted by Gasteiger charge is 2.07. The number of likely N-dealkylation sites (N-methyl/N-ethyl adjacent to an activating group) is 1. The van der Waals surface area contributed by atoms with Crippen LogP contribution in [-0.4, -0.2) is 28.6 Å². The molecule has 5 nitrogen and oxygen atoms in total. The van der Waals surface area contributed by atoms with Crippen molar-refractivity contribution in [3.05, 3.63) is 54.3 Å². The zero-order chi connectivity index (χ0) is 16.2. The maximum absolute atomic E-state index is 12.8. The summed E-state index contributed by atoms with van der Waals surface area (Å²) in [5.74, 6) is 0.281. The zero-order valence-electron chi connectivity index (χ0n) is 12.1. The Morgan fingerprint density at radius 2 is 1.68 bits per heavy atom. The van der Waals surface area contributed by atoms with E-state index in [1.54, 1.807) is 24.3 Å². The molecule has 2 N–H and O–H groups in total. The summed E-state index contributed by atoms with van der Waals surface area (Å²) >= 11 is 0. The van der Waals surface area contributed by atoms with E-state index in [1.165, 1.54) is 24.3 Å². The van der Waals surface area contributed by atoms with Gasteiger partial charge in [-0.05, 0) is 48.5 Å². The molecule has 0 fully saturated rings. The van der Waals surface area contributed by atoms with Crippen LogP contribution < -0.4 is 14.8 Å². The minimum atomic E-state index is -3.69. The molecular formula is C15H17FN2O3S. The molecule has 0 aliphatic carbocycles. The lowest BCUT2D eigenvalue weighted by atomic mass is 10.3. The molecular weight excluding hydrogens is 307 g/mol. The van der Waals surface area contributed by atoms with Gasteiger partial charge < -0.3 is 9.64 Å². The quantitative estimate of drug-likeness (QED) is 0.882. The molecule has 2 aromatic rings. The Bertz CT molecular complexity index is 715. The first-order valence-corrected chi connectivity index (χ1v) is 8.13. The number of nitrogens with zero attached hydrogens (tertiary/aromatic N) is 1. The molecule has 0 saturated heterocycles. The van der Waals surface area contributed by atoms with Gasteiger partial charge in [0.15, 0.2) is 0 Å². The molecule has 0 heterocycles. The van der Waals surface area contributed by atoms with Crippen LogP contribution in [0.4, 0.5) is 10.1 Å². The van der Waals surface area contributed by atoms with Crippen LogP contribution in [0.3, 0.4) is 0 Å². The van der Waals surface area contributed by atoms with Crippen LogP contribution in [-0.2, 0) is 10.0 Å². The van der Waals surface area contributed by atoms with Crippen molar-refractivity contribution in [3.63, 3.8) is 0 Å². The van der Waals surface area contributed by atoms with Gasteiger partial charge in [-0.15, -0.1) is 0 Å². The fraction of sp³-hybridized carbons (Fsp3) is 0.200. The number of hydrogen-bond acceptors (Lipinski definition) is 4. The monoisotopic (exact) mass is 324 g/mol. The topological polar surface area (TPSA) is 72.6 Å². The lowest BCUT2D eigenvalue weighted by Gasteiger charge is -2.19. The Morgan fingerprint density at radius 3 is 2.23 bits per heavy atom. The minimum Gasteiger partial charge on any atom is -0.492 e. The van der Waals surface area contributed by atoms with Crippen LogP contribution in [0.15, 0.2) is 53.4 Å². The fourth-order valence-corrected chi connectivity index (χ4v) is 2.37. The Balaban J connectivity index is 1.87. The van der Waals surface area contributed by atoms with E-state index in [0.717, 1.165) is 5.69 Å². The minimum absolute atomic E-state index is 0.0447. The first-order valence-electron chi connectivity index (χ1n) is 6.58. The molecule has 0 amide bonds. The molecule has 2 rings (SSSR count). The second-order valence-corrected chi connectivity index (χ2v) is 6.32. The number of halogens is 1. The summed E-state index contributed by atoms with van der Waals surface area (Å²) in [5.41, 5.74) is 0.884. The Morgan fingerprint density at radius 1 is 1.09 bits per heavy atom. The summed E-state index contributed by atoms with van der Waals surface area (Å²) in [7, 11) is -1.81. The van der Waals surface area contributed by atoms with Crippen molar-refractivity contribution in [2.45, 2.75) is 4.90 Å². The van der Waals surface area contributed by atoms with Gasteiger partial charge >= 0.3 is 0 Å². The number of sulfonamides is 1. The van der Waals surface area contributed by atoms with Gasteiger partial charge in [-0.25, -0.2) is 17.9 Å². The van der Waals surface area contributed by atoms with Gasteiger partial charge in [0.25, 0.3) is 0 Å². The van der Waals surface area contributed by atoms with E-state index < -0.39 is 10.0 Å². The first kappa shape index (κ1) is 16.3. The Kier molecular flexibility index (Phi) is 4.99. The van der Waals surface area contributed by atoms with Crippen LogP contribution in [0.1, 0.15) is 0 Å². The molecule has 0 atom stereocenters. The third-order valence-corrected chi connectivity index (χ3v) is 4.04. The highest BCUT2D eigenvalue weighted by atomic mass is 32.2. The lowest BCUT2D eigenvalue weighted by Crippen LogP contribution is -2.23. The number of rotatable bonds is 6. The van der Waals surface area contributed by atoms with E-state index in [9.17, 15) is 12.8 Å². The third-order valence-electron chi connectivity index (χ3n) is 3.12. The van der Waals surface area contributed by atoms with Crippen molar-refractivity contribution in [2.24, 2.45) is 5.14 Å². The molecule has 22 heavy (non-hydrogen) atoms. The number of nitrogens with two attached hydrogens (primary N) is 1. The normalized spacial score (nSPS) is 11.2. The Labute approximate surface area is 129 Å². The van der Waals surface area contributed by atoms with E-state index in [-0.39, 0.29) is 10.7 Å². The average Bonchev–Trinajstić information content (AvgIpc) is 2.47. The molecule has 7 heteroatoms. The van der Waals surface area contributed by atoms with Crippen molar-refractivity contribution >= 4 is 15.7 Å². The number of anilines is 1. The van der Waals surface area contributed by atoms with Crippen molar-refractivity contribution < 1.29 is 17.5 Å². The van der Waals surface area contributed by atoms with Crippen LogP contribution >= 0.6 is 0 Å². The largest absolute Gasteiger partial charge is 0.492 e. The summed E-state index contributed by atoms with van der Waals surface area (Å²) in [5, 5.41) is 5.02. The first-order chi connectivity index (χ1) is 10.4. The maximum atomic E-state index is 12.8. The van der Waals surface area contributed by atoms with Crippen molar-refractivity contribution in [1.82, 2.24) is 0 Å². The molecule has 0 saturated carbocycles. The predicted molar refractivity (Wildman–Crippen MR) is 83.0 cm³/mol. The van der Waals surface area contributed by atoms with Crippen LogP contribution in [0, 0.1) is 5.82 Å². The summed E-state index contributed by atoms with van der Waals surface area (Å²) in [6, 6.07) is 12.1. The molecule has 0 aliphatic rings. The molecule has 0 radical (unpaired) electrons. The molecule has 0 aliphatic heterocycles. The molecule has 0 unspecified atom stereocenters. The average molecular weight is 324 g/mol. The van der Waals surface area contributed by atoms with Gasteiger partial charge in [-0.1, -0.05) is 0 Å². The van der Waals surface area contributed by atoms with Gasteiger partial charge in [0.2, 0.25) is 10.0 Å². The van der Waals surface area contributed by atoms with E-state index in [4.69, 9.17) is 9.88 Å². The second-order valence-electron chi connectivity index (χ2n) is 4.76. The van der Waals surface area contributed by atoms with Gasteiger partial charge in [0, 0.05) is 12.7 Å². The van der Waals surface area contributed by atoms with Crippen LogP contribution in [0.25, 0.3) is 0 Å². The van der Waals surface area contributed by atoms with Crippen molar-refractivity contribution in [3.8, 4) is 5.75 Å². The molecule has 2 aromatic carbocycles. The number of hydrogen-bond donors (Lipinski definition) is 1. The summed E-state index contributed by atoms with van der Waals surface area (Å²) in [4.78, 5) is 1.97. The number of benzene rings is 2. The summed E-state index contributed by atoms with van der Waals surface area (Å²) in [6.45, 7) is 1.01. The lowest BCUT2D eigenvalue weighted by molar-refractivity contribution is 0.325. The van der Waals surface area contributed by atoms with Crippen molar-refractivity contribution in [1.29, 1.82) is 0 Å². The number of ether oxygens (including phenoxy) is 1. The molecule has 118 valence electrons. The summed E-state index contributed by atoms with van der Waals surface area (Å²) in [6.07, 6.45) is 0. The van der Waals surface area contributed by atoms with Crippen LogP contribution in [0.2, 0.25) is 0 Å². The van der Waals surface area contributed by atoms with E-state index in [1.807, 2.05) is 11.9 Å².